The summed E-state index contributed by atoms with van der Waals surface area (Å²) in [6.45, 7) is 6.81. The first-order valence-corrected chi connectivity index (χ1v) is 7.12. The van der Waals surface area contributed by atoms with Crippen molar-refractivity contribution in [2.45, 2.75) is 32.7 Å². The van der Waals surface area contributed by atoms with Crippen LogP contribution in [-0.2, 0) is 6.42 Å². The number of rotatable bonds is 4. The van der Waals surface area contributed by atoms with Crippen LogP contribution in [0.25, 0.3) is 10.9 Å². The number of hydrogen-bond acceptors (Lipinski definition) is 2. The highest BCUT2D eigenvalue weighted by atomic mass is 127. The fraction of sp³-hybridized carbons (Fsp3) is 0.438. The number of nitrogens with one attached hydrogen (secondary N) is 2. The molecule has 6 heteroatoms. The predicted octanol–water partition coefficient (Wildman–Crippen LogP) is 3.04. The maximum Gasteiger partial charge on any atom is 0.188 e. The molecule has 0 aliphatic rings. The van der Waals surface area contributed by atoms with Crippen LogP contribution >= 0.6 is 24.0 Å². The van der Waals surface area contributed by atoms with Gasteiger partial charge in [-0.1, -0.05) is 6.07 Å². The Labute approximate surface area is 148 Å². The number of aromatic amines is 1. The molecular weight excluding hydrogens is 391 g/mol. The summed E-state index contributed by atoms with van der Waals surface area (Å²) in [5, 5.41) is 4.28. The average molecular weight is 416 g/mol. The van der Waals surface area contributed by atoms with Crippen LogP contribution in [0.3, 0.4) is 0 Å². The maximum absolute atomic E-state index is 5.87. The molecule has 2 rings (SSSR count). The Kier molecular flexibility index (Phi) is 6.52. The molecule has 0 aliphatic heterocycles. The van der Waals surface area contributed by atoms with Gasteiger partial charge >= 0.3 is 0 Å². The number of fused-ring (bicyclic) bond motifs is 1. The number of aliphatic imine (C=N–C) groups is 1. The monoisotopic (exact) mass is 416 g/mol. The summed E-state index contributed by atoms with van der Waals surface area (Å²) in [4.78, 5) is 7.64. The minimum atomic E-state index is -0.0718. The molecule has 0 radical (unpaired) electrons. The number of hydrogen-bond donors (Lipinski definition) is 3. The van der Waals surface area contributed by atoms with Crippen LogP contribution in [0, 0.1) is 0 Å². The second kappa shape index (κ2) is 7.71. The van der Waals surface area contributed by atoms with Crippen molar-refractivity contribution in [2.75, 3.05) is 13.7 Å². The fourth-order valence-electron chi connectivity index (χ4n) is 2.31. The van der Waals surface area contributed by atoms with Crippen molar-refractivity contribution in [3.8, 4) is 5.75 Å². The summed E-state index contributed by atoms with van der Waals surface area (Å²) in [7, 11) is 1.69. The van der Waals surface area contributed by atoms with E-state index >= 15 is 0 Å². The zero-order valence-corrected chi connectivity index (χ0v) is 15.9. The van der Waals surface area contributed by atoms with Gasteiger partial charge in [-0.2, -0.15) is 0 Å². The van der Waals surface area contributed by atoms with Gasteiger partial charge in [0.15, 0.2) is 5.96 Å². The zero-order chi connectivity index (χ0) is 15.5. The molecule has 0 spiro atoms. The van der Waals surface area contributed by atoms with Crippen LogP contribution in [0.2, 0.25) is 0 Å². The molecule has 0 aliphatic carbocycles. The Morgan fingerprint density at radius 1 is 1.36 bits per heavy atom. The highest BCUT2D eigenvalue weighted by Crippen LogP contribution is 2.28. The summed E-state index contributed by atoms with van der Waals surface area (Å²) in [6.07, 6.45) is 2.82. The molecular formula is C16H25IN4O. The molecule has 0 amide bonds. The average Bonchev–Trinajstić information content (AvgIpc) is 2.80. The van der Waals surface area contributed by atoms with E-state index in [-0.39, 0.29) is 29.5 Å². The second-order valence-corrected chi connectivity index (χ2v) is 6.09. The van der Waals surface area contributed by atoms with Crippen molar-refractivity contribution in [1.29, 1.82) is 0 Å². The largest absolute Gasteiger partial charge is 0.496 e. The SMILES string of the molecule is COc1cccc2[nH]cc(CCN=C(N)NC(C)(C)C)c12.I. The van der Waals surface area contributed by atoms with E-state index in [1.165, 1.54) is 5.56 Å². The Hall–Kier alpha value is -1.44. The number of halogens is 1. The van der Waals surface area contributed by atoms with Crippen molar-refractivity contribution in [3.63, 3.8) is 0 Å². The molecule has 1 aromatic carbocycles. The number of benzene rings is 1. The molecule has 1 aromatic heterocycles. The highest BCUT2D eigenvalue weighted by molar-refractivity contribution is 14.0. The van der Waals surface area contributed by atoms with Crippen molar-refractivity contribution >= 4 is 40.8 Å². The third-order valence-corrected chi connectivity index (χ3v) is 3.14. The molecule has 0 bridgehead atoms. The Morgan fingerprint density at radius 3 is 2.73 bits per heavy atom. The quantitative estimate of drug-likeness (QED) is 0.408. The molecule has 122 valence electrons. The van der Waals surface area contributed by atoms with Gasteiger partial charge in [0.1, 0.15) is 5.75 Å². The fourth-order valence-corrected chi connectivity index (χ4v) is 2.31. The van der Waals surface area contributed by atoms with Gasteiger partial charge in [-0.05, 0) is 44.9 Å². The van der Waals surface area contributed by atoms with E-state index in [9.17, 15) is 0 Å². The summed E-state index contributed by atoms with van der Waals surface area (Å²) in [5.41, 5.74) is 8.07. The Bertz CT molecular complexity index is 643. The van der Waals surface area contributed by atoms with Crippen LogP contribution in [0.1, 0.15) is 26.3 Å². The predicted molar refractivity (Wildman–Crippen MR) is 103 cm³/mol. The van der Waals surface area contributed by atoms with E-state index in [2.05, 4.69) is 36.1 Å². The van der Waals surface area contributed by atoms with E-state index in [1.54, 1.807) is 7.11 Å². The van der Waals surface area contributed by atoms with Crippen molar-refractivity contribution in [1.82, 2.24) is 10.3 Å². The van der Waals surface area contributed by atoms with Gasteiger partial charge in [0.2, 0.25) is 0 Å². The van der Waals surface area contributed by atoms with Gasteiger partial charge in [0, 0.05) is 29.2 Å². The van der Waals surface area contributed by atoms with Gasteiger partial charge in [-0.3, -0.25) is 4.99 Å². The lowest BCUT2D eigenvalue weighted by molar-refractivity contribution is 0.419. The van der Waals surface area contributed by atoms with Gasteiger partial charge in [-0.15, -0.1) is 24.0 Å². The van der Waals surface area contributed by atoms with Crippen LogP contribution in [0.5, 0.6) is 5.75 Å². The third-order valence-electron chi connectivity index (χ3n) is 3.14. The molecule has 0 atom stereocenters. The third kappa shape index (κ3) is 4.79. The smallest absolute Gasteiger partial charge is 0.188 e. The topological polar surface area (TPSA) is 75.4 Å². The lowest BCUT2D eigenvalue weighted by Crippen LogP contribution is -2.45. The molecule has 4 N–H and O–H groups in total. The lowest BCUT2D eigenvalue weighted by Gasteiger charge is -2.20. The molecule has 0 saturated carbocycles. The second-order valence-electron chi connectivity index (χ2n) is 6.09. The first-order valence-electron chi connectivity index (χ1n) is 7.12. The number of aromatic nitrogens is 1. The Balaban J connectivity index is 0.00000242. The first kappa shape index (κ1) is 18.6. The molecule has 1 heterocycles. The molecule has 0 fully saturated rings. The standard InChI is InChI=1S/C16H24N4O.HI/c1-16(2,3)20-15(17)18-9-8-11-10-19-12-6-5-7-13(21-4)14(11)12;/h5-7,10,19H,8-9H2,1-4H3,(H3,17,18,20);1H. The lowest BCUT2D eigenvalue weighted by atomic mass is 10.1. The highest BCUT2D eigenvalue weighted by Gasteiger charge is 2.10. The summed E-state index contributed by atoms with van der Waals surface area (Å²) in [6, 6.07) is 5.99. The van der Waals surface area contributed by atoms with E-state index < -0.39 is 0 Å². The molecule has 2 aromatic rings. The number of H-pyrrole nitrogens is 1. The summed E-state index contributed by atoms with van der Waals surface area (Å²) in [5.74, 6) is 1.36. The van der Waals surface area contributed by atoms with E-state index in [1.807, 2.05) is 24.4 Å². The van der Waals surface area contributed by atoms with E-state index in [0.29, 0.717) is 12.5 Å². The van der Waals surface area contributed by atoms with Crippen molar-refractivity contribution in [2.24, 2.45) is 10.7 Å². The number of guanidine groups is 1. The Morgan fingerprint density at radius 2 is 2.09 bits per heavy atom. The normalized spacial score (nSPS) is 12.1. The number of ether oxygens (including phenoxy) is 1. The summed E-state index contributed by atoms with van der Waals surface area (Å²) < 4.78 is 5.43. The van der Waals surface area contributed by atoms with Gasteiger partial charge in [0.05, 0.1) is 7.11 Å². The minimum Gasteiger partial charge on any atom is -0.496 e. The van der Waals surface area contributed by atoms with E-state index in [4.69, 9.17) is 10.5 Å². The first-order chi connectivity index (χ1) is 9.90. The van der Waals surface area contributed by atoms with Crippen LogP contribution in [-0.4, -0.2) is 30.1 Å². The van der Waals surface area contributed by atoms with Crippen LogP contribution < -0.4 is 15.8 Å². The maximum atomic E-state index is 5.87. The minimum absolute atomic E-state index is 0. The molecule has 22 heavy (non-hydrogen) atoms. The van der Waals surface area contributed by atoms with Crippen molar-refractivity contribution < 1.29 is 4.74 Å². The van der Waals surface area contributed by atoms with Gasteiger partial charge < -0.3 is 20.8 Å². The number of methoxy groups -OCH3 is 1. The van der Waals surface area contributed by atoms with E-state index in [0.717, 1.165) is 23.1 Å². The molecule has 0 saturated heterocycles. The zero-order valence-electron chi connectivity index (χ0n) is 13.6. The molecule has 0 unspecified atom stereocenters. The van der Waals surface area contributed by atoms with Gasteiger partial charge in [0.25, 0.3) is 0 Å². The van der Waals surface area contributed by atoms with Crippen LogP contribution in [0.15, 0.2) is 29.4 Å². The molecule has 5 nitrogen and oxygen atoms in total. The summed E-state index contributed by atoms with van der Waals surface area (Å²) >= 11 is 0. The number of nitrogens with two attached hydrogens (primary N) is 1. The van der Waals surface area contributed by atoms with Crippen LogP contribution in [0.4, 0.5) is 0 Å². The van der Waals surface area contributed by atoms with Crippen molar-refractivity contribution in [3.05, 3.63) is 30.0 Å². The number of nitrogens with zero attached hydrogens (tertiary/aromatic N) is 1. The van der Waals surface area contributed by atoms with Gasteiger partial charge in [-0.25, -0.2) is 0 Å².